The van der Waals surface area contributed by atoms with Gasteiger partial charge in [-0.05, 0) is 26.8 Å². The van der Waals surface area contributed by atoms with Gasteiger partial charge in [-0.3, -0.25) is 5.01 Å². The Labute approximate surface area is 142 Å². The van der Waals surface area contributed by atoms with Gasteiger partial charge in [0.25, 0.3) is 0 Å². The molecule has 0 bridgehead atoms. The van der Waals surface area contributed by atoms with Gasteiger partial charge in [-0.25, -0.2) is 4.79 Å². The number of aliphatic hydroxyl groups is 1. The summed E-state index contributed by atoms with van der Waals surface area (Å²) in [5.74, 6) is -0.697. The van der Waals surface area contributed by atoms with Crippen LogP contribution in [0.4, 0.5) is 0 Å². The average Bonchev–Trinajstić information content (AvgIpc) is 2.56. The summed E-state index contributed by atoms with van der Waals surface area (Å²) in [6, 6.07) is 7.33. The van der Waals surface area contributed by atoms with E-state index in [0.29, 0.717) is 37.6 Å². The molecule has 0 spiro atoms. The van der Waals surface area contributed by atoms with Crippen LogP contribution in [0.15, 0.2) is 34.9 Å². The lowest BCUT2D eigenvalue weighted by Crippen LogP contribution is -2.33. The van der Waals surface area contributed by atoms with Crippen molar-refractivity contribution in [2.24, 2.45) is 5.10 Å². The highest BCUT2D eigenvalue weighted by molar-refractivity contribution is 6.23. The van der Waals surface area contributed by atoms with Crippen LogP contribution in [0.3, 0.4) is 0 Å². The highest BCUT2D eigenvalue weighted by Gasteiger charge is 2.22. The summed E-state index contributed by atoms with van der Waals surface area (Å²) in [6.07, 6.45) is 0. The van der Waals surface area contributed by atoms with Crippen LogP contribution < -0.4 is 0 Å². The molecule has 1 aliphatic rings. The first-order valence-electron chi connectivity index (χ1n) is 8.08. The molecule has 1 heterocycles. The van der Waals surface area contributed by atoms with E-state index in [4.69, 9.17) is 9.47 Å². The van der Waals surface area contributed by atoms with Gasteiger partial charge in [0.05, 0.1) is 38.6 Å². The van der Waals surface area contributed by atoms with E-state index in [1.807, 2.05) is 30.1 Å². The minimum atomic E-state index is -0.578. The maximum atomic E-state index is 12.4. The van der Waals surface area contributed by atoms with Crippen LogP contribution in [0, 0.1) is 6.92 Å². The number of hydrogen-bond acceptors (Lipinski definition) is 6. The molecule has 6 nitrogen and oxygen atoms in total. The van der Waals surface area contributed by atoms with E-state index in [1.54, 1.807) is 19.9 Å². The van der Waals surface area contributed by atoms with Gasteiger partial charge in [-0.15, -0.1) is 0 Å². The molecule has 0 radical (unpaired) electrons. The van der Waals surface area contributed by atoms with Gasteiger partial charge in [-0.1, -0.05) is 23.8 Å². The molecule has 1 saturated heterocycles. The minimum absolute atomic E-state index is 0.0916. The van der Waals surface area contributed by atoms with Crippen LogP contribution in [0.25, 0.3) is 5.76 Å². The Kier molecular flexibility index (Phi) is 6.37. The third-order valence-electron chi connectivity index (χ3n) is 3.65. The number of hydrazone groups is 1. The average molecular weight is 332 g/mol. The zero-order valence-electron chi connectivity index (χ0n) is 14.4. The summed E-state index contributed by atoms with van der Waals surface area (Å²) in [7, 11) is 0. The van der Waals surface area contributed by atoms with Gasteiger partial charge >= 0.3 is 5.97 Å². The number of rotatable bonds is 5. The Bertz CT molecular complexity index is 646. The Morgan fingerprint density at radius 1 is 1.38 bits per heavy atom. The molecule has 0 aromatic heterocycles. The minimum Gasteiger partial charge on any atom is -0.506 e. The van der Waals surface area contributed by atoms with E-state index in [9.17, 15) is 9.90 Å². The lowest BCUT2D eigenvalue weighted by atomic mass is 10.0. The highest BCUT2D eigenvalue weighted by Crippen LogP contribution is 2.20. The van der Waals surface area contributed by atoms with Crippen LogP contribution in [0.5, 0.6) is 0 Å². The van der Waals surface area contributed by atoms with Crippen molar-refractivity contribution in [2.75, 3.05) is 32.9 Å². The predicted octanol–water partition coefficient (Wildman–Crippen LogP) is 2.54. The first kappa shape index (κ1) is 18.0. The largest absolute Gasteiger partial charge is 0.506 e. The second-order valence-electron chi connectivity index (χ2n) is 5.57. The van der Waals surface area contributed by atoms with Crippen molar-refractivity contribution < 1.29 is 19.4 Å². The summed E-state index contributed by atoms with van der Waals surface area (Å²) in [5, 5.41) is 17.0. The number of benzene rings is 1. The maximum absolute atomic E-state index is 12.4. The SMILES string of the molecule is CCOC(=O)C(C(C)=NN1CCOCC1)=C(O)c1cccc(C)c1. The topological polar surface area (TPSA) is 71.4 Å². The number of nitrogens with zero attached hydrogens (tertiary/aromatic N) is 2. The molecule has 24 heavy (non-hydrogen) atoms. The fraction of sp³-hybridized carbons (Fsp3) is 0.444. The van der Waals surface area contributed by atoms with Gasteiger partial charge in [0.2, 0.25) is 0 Å². The lowest BCUT2D eigenvalue weighted by molar-refractivity contribution is -0.137. The van der Waals surface area contributed by atoms with Crippen LogP contribution in [-0.4, -0.2) is 54.7 Å². The van der Waals surface area contributed by atoms with E-state index in [-0.39, 0.29) is 17.9 Å². The summed E-state index contributed by atoms with van der Waals surface area (Å²) >= 11 is 0. The quantitative estimate of drug-likeness (QED) is 0.388. The van der Waals surface area contributed by atoms with Gasteiger partial charge in [-0.2, -0.15) is 5.10 Å². The van der Waals surface area contributed by atoms with Crippen molar-refractivity contribution in [3.8, 4) is 0 Å². The number of carbonyl (C=O) groups is 1. The molecule has 1 aromatic rings. The molecule has 1 aliphatic heterocycles. The van der Waals surface area contributed by atoms with E-state index in [2.05, 4.69) is 5.10 Å². The van der Waals surface area contributed by atoms with Gasteiger partial charge in [0.1, 0.15) is 11.3 Å². The first-order valence-corrected chi connectivity index (χ1v) is 8.08. The molecular weight excluding hydrogens is 308 g/mol. The molecule has 0 saturated carbocycles. The summed E-state index contributed by atoms with van der Waals surface area (Å²) < 4.78 is 10.4. The molecule has 1 N–H and O–H groups in total. The van der Waals surface area contributed by atoms with Crippen molar-refractivity contribution in [3.05, 3.63) is 41.0 Å². The molecule has 1 aromatic carbocycles. The zero-order valence-corrected chi connectivity index (χ0v) is 14.4. The van der Waals surface area contributed by atoms with E-state index < -0.39 is 5.97 Å². The predicted molar refractivity (Wildman–Crippen MR) is 92.9 cm³/mol. The van der Waals surface area contributed by atoms with Crippen molar-refractivity contribution in [2.45, 2.75) is 20.8 Å². The molecule has 1 fully saturated rings. The summed E-state index contributed by atoms with van der Waals surface area (Å²) in [6.45, 7) is 8.08. The Hall–Kier alpha value is -2.34. The first-order chi connectivity index (χ1) is 11.5. The number of ether oxygens (including phenoxy) is 2. The van der Waals surface area contributed by atoms with E-state index >= 15 is 0 Å². The monoisotopic (exact) mass is 332 g/mol. The molecule has 0 aliphatic carbocycles. The molecular formula is C18H24N2O4. The smallest absolute Gasteiger partial charge is 0.343 e. The fourth-order valence-corrected chi connectivity index (χ4v) is 2.47. The van der Waals surface area contributed by atoms with Crippen molar-refractivity contribution in [1.82, 2.24) is 5.01 Å². The molecule has 6 heteroatoms. The maximum Gasteiger partial charge on any atom is 0.343 e. The Morgan fingerprint density at radius 3 is 2.71 bits per heavy atom. The van der Waals surface area contributed by atoms with Crippen molar-refractivity contribution >= 4 is 17.4 Å². The third kappa shape index (κ3) is 4.58. The van der Waals surface area contributed by atoms with Crippen LogP contribution in [0.1, 0.15) is 25.0 Å². The Morgan fingerprint density at radius 2 is 2.08 bits per heavy atom. The van der Waals surface area contributed by atoms with Crippen LogP contribution >= 0.6 is 0 Å². The number of aryl methyl sites for hydroxylation is 1. The van der Waals surface area contributed by atoms with Crippen LogP contribution in [0.2, 0.25) is 0 Å². The summed E-state index contributed by atoms with van der Waals surface area (Å²) in [4.78, 5) is 12.4. The van der Waals surface area contributed by atoms with Gasteiger partial charge in [0, 0.05) is 5.56 Å². The van der Waals surface area contributed by atoms with E-state index in [0.717, 1.165) is 5.56 Å². The lowest BCUT2D eigenvalue weighted by Gasteiger charge is -2.25. The standard InChI is InChI=1S/C18H24N2O4/c1-4-24-18(22)16(14(3)19-20-8-10-23-11-9-20)17(21)15-7-5-6-13(2)12-15/h5-7,12,21H,4,8-11H2,1-3H3. The van der Waals surface area contributed by atoms with Crippen molar-refractivity contribution in [1.29, 1.82) is 0 Å². The number of esters is 1. The second-order valence-corrected chi connectivity index (χ2v) is 5.57. The molecule has 130 valence electrons. The highest BCUT2D eigenvalue weighted by atomic mass is 16.5. The number of hydrogen-bond donors (Lipinski definition) is 1. The molecule has 0 atom stereocenters. The second kappa shape index (κ2) is 8.49. The van der Waals surface area contributed by atoms with Gasteiger partial charge < -0.3 is 14.6 Å². The van der Waals surface area contributed by atoms with Crippen molar-refractivity contribution in [3.63, 3.8) is 0 Å². The van der Waals surface area contributed by atoms with Crippen LogP contribution in [-0.2, 0) is 14.3 Å². The number of morpholine rings is 1. The van der Waals surface area contributed by atoms with Gasteiger partial charge in [0.15, 0.2) is 0 Å². The fourth-order valence-electron chi connectivity index (χ4n) is 2.47. The number of aliphatic hydroxyl groups excluding tert-OH is 1. The number of carbonyl (C=O) groups excluding carboxylic acids is 1. The zero-order chi connectivity index (χ0) is 17.5. The Balaban J connectivity index is 2.41. The molecule has 0 unspecified atom stereocenters. The third-order valence-corrected chi connectivity index (χ3v) is 3.65. The molecule has 0 amide bonds. The molecule has 2 rings (SSSR count). The van der Waals surface area contributed by atoms with E-state index in [1.165, 1.54) is 0 Å². The summed E-state index contributed by atoms with van der Waals surface area (Å²) in [5.41, 5.74) is 2.07. The normalized spacial score (nSPS) is 16.6.